The average molecular weight is 245 g/mol. The number of rotatable bonds is 8. The molecule has 100 valence electrons. The molecule has 2 amide bonds. The molecule has 0 radical (unpaired) electrons. The number of hydrazine groups is 2. The second-order valence-electron chi connectivity index (χ2n) is 3.92. The standard InChI is InChI=1S/C10H23N5O2/c1-5-15(6-2)8-10(17)12-13-11-9(16)7-14(3)4/h13H,5-8H2,1-4H3,(H,11,16)(H,12,17). The molecule has 0 aromatic rings. The van der Waals surface area contributed by atoms with Gasteiger partial charge >= 0.3 is 0 Å². The molecule has 0 saturated carbocycles. The van der Waals surface area contributed by atoms with Crippen LogP contribution in [0.25, 0.3) is 0 Å². The summed E-state index contributed by atoms with van der Waals surface area (Å²) in [7, 11) is 3.58. The van der Waals surface area contributed by atoms with Crippen molar-refractivity contribution < 1.29 is 9.59 Å². The minimum Gasteiger partial charge on any atom is -0.301 e. The molecule has 0 fully saturated rings. The van der Waals surface area contributed by atoms with Crippen LogP contribution in [0.5, 0.6) is 0 Å². The largest absolute Gasteiger partial charge is 0.301 e. The van der Waals surface area contributed by atoms with E-state index < -0.39 is 0 Å². The molecule has 0 atom stereocenters. The van der Waals surface area contributed by atoms with E-state index in [1.165, 1.54) is 0 Å². The van der Waals surface area contributed by atoms with Gasteiger partial charge in [-0.05, 0) is 27.2 Å². The van der Waals surface area contributed by atoms with E-state index in [0.29, 0.717) is 6.54 Å². The maximum Gasteiger partial charge on any atom is 0.249 e. The molecule has 0 saturated heterocycles. The van der Waals surface area contributed by atoms with E-state index in [-0.39, 0.29) is 18.4 Å². The summed E-state index contributed by atoms with van der Waals surface area (Å²) in [6.45, 7) is 6.18. The van der Waals surface area contributed by atoms with E-state index in [2.05, 4.69) is 16.4 Å². The number of carbonyl (C=O) groups excluding carboxylic acids is 2. The number of likely N-dealkylation sites (N-methyl/N-ethyl adjacent to an activating group) is 2. The van der Waals surface area contributed by atoms with E-state index in [0.717, 1.165) is 13.1 Å². The summed E-state index contributed by atoms with van der Waals surface area (Å²) in [6, 6.07) is 0. The molecule has 0 aliphatic carbocycles. The zero-order chi connectivity index (χ0) is 13.3. The maximum absolute atomic E-state index is 11.4. The number of amides is 2. The molecule has 0 bridgehead atoms. The van der Waals surface area contributed by atoms with Crippen LogP contribution < -0.4 is 16.4 Å². The van der Waals surface area contributed by atoms with Crippen LogP contribution in [-0.4, -0.2) is 61.9 Å². The lowest BCUT2D eigenvalue weighted by atomic mass is 10.4. The molecular formula is C10H23N5O2. The van der Waals surface area contributed by atoms with Crippen molar-refractivity contribution in [3.8, 4) is 0 Å². The zero-order valence-electron chi connectivity index (χ0n) is 11.0. The third-order valence-corrected chi connectivity index (χ3v) is 2.13. The Morgan fingerprint density at radius 2 is 1.41 bits per heavy atom. The fourth-order valence-electron chi connectivity index (χ4n) is 1.19. The molecule has 0 unspecified atom stereocenters. The molecule has 0 rings (SSSR count). The van der Waals surface area contributed by atoms with Crippen LogP contribution >= 0.6 is 0 Å². The Labute approximate surface area is 102 Å². The molecule has 17 heavy (non-hydrogen) atoms. The summed E-state index contributed by atoms with van der Waals surface area (Å²) >= 11 is 0. The smallest absolute Gasteiger partial charge is 0.249 e. The van der Waals surface area contributed by atoms with Crippen LogP contribution in [-0.2, 0) is 9.59 Å². The topological polar surface area (TPSA) is 76.7 Å². The first kappa shape index (κ1) is 15.8. The minimum atomic E-state index is -0.210. The lowest BCUT2D eigenvalue weighted by Gasteiger charge is -2.17. The Hall–Kier alpha value is -1.18. The second kappa shape index (κ2) is 8.91. The van der Waals surface area contributed by atoms with Crippen molar-refractivity contribution in [3.05, 3.63) is 0 Å². The van der Waals surface area contributed by atoms with Crippen molar-refractivity contribution in [1.29, 1.82) is 0 Å². The van der Waals surface area contributed by atoms with Gasteiger partial charge in [-0.15, -0.1) is 5.53 Å². The first-order chi connectivity index (χ1) is 7.99. The lowest BCUT2D eigenvalue weighted by Crippen LogP contribution is -2.53. The Balaban J connectivity index is 3.67. The Bertz CT molecular complexity index is 241. The summed E-state index contributed by atoms with van der Waals surface area (Å²) in [6.07, 6.45) is 0. The molecule has 0 heterocycles. The molecule has 7 nitrogen and oxygen atoms in total. The van der Waals surface area contributed by atoms with Crippen LogP contribution in [0.1, 0.15) is 13.8 Å². The van der Waals surface area contributed by atoms with Gasteiger partial charge in [0.1, 0.15) is 0 Å². The highest BCUT2D eigenvalue weighted by molar-refractivity contribution is 5.79. The van der Waals surface area contributed by atoms with Gasteiger partial charge in [-0.2, -0.15) is 0 Å². The van der Waals surface area contributed by atoms with Gasteiger partial charge in [0, 0.05) is 0 Å². The summed E-state index contributed by atoms with van der Waals surface area (Å²) in [4.78, 5) is 26.3. The number of nitrogens with zero attached hydrogens (tertiary/aromatic N) is 2. The third-order valence-electron chi connectivity index (χ3n) is 2.13. The van der Waals surface area contributed by atoms with Crippen molar-refractivity contribution in [1.82, 2.24) is 26.2 Å². The van der Waals surface area contributed by atoms with Gasteiger partial charge in [-0.1, -0.05) is 13.8 Å². The van der Waals surface area contributed by atoms with Gasteiger partial charge in [0.2, 0.25) is 11.8 Å². The molecule has 0 aliphatic heterocycles. The fourth-order valence-corrected chi connectivity index (χ4v) is 1.19. The summed E-state index contributed by atoms with van der Waals surface area (Å²) in [5.41, 5.74) is 7.17. The van der Waals surface area contributed by atoms with Gasteiger partial charge in [-0.25, -0.2) is 0 Å². The predicted molar refractivity (Wildman–Crippen MR) is 65.8 cm³/mol. The van der Waals surface area contributed by atoms with Crippen LogP contribution in [0.3, 0.4) is 0 Å². The maximum atomic E-state index is 11.4. The Kier molecular flexibility index (Phi) is 8.29. The number of carbonyl (C=O) groups is 2. The molecule has 0 aliphatic rings. The van der Waals surface area contributed by atoms with Gasteiger partial charge in [0.15, 0.2) is 0 Å². The van der Waals surface area contributed by atoms with Crippen LogP contribution in [0.15, 0.2) is 0 Å². The average Bonchev–Trinajstić information content (AvgIpc) is 2.24. The van der Waals surface area contributed by atoms with Crippen LogP contribution in [0, 0.1) is 0 Å². The number of hydrogen-bond donors (Lipinski definition) is 3. The van der Waals surface area contributed by atoms with Crippen LogP contribution in [0.2, 0.25) is 0 Å². The number of hydrogen-bond acceptors (Lipinski definition) is 5. The lowest BCUT2D eigenvalue weighted by molar-refractivity contribution is -0.126. The predicted octanol–water partition coefficient (Wildman–Crippen LogP) is -1.46. The Morgan fingerprint density at radius 3 is 1.82 bits per heavy atom. The molecular weight excluding hydrogens is 222 g/mol. The van der Waals surface area contributed by atoms with Gasteiger partial charge in [0.05, 0.1) is 13.1 Å². The highest BCUT2D eigenvalue weighted by Gasteiger charge is 2.07. The van der Waals surface area contributed by atoms with E-state index in [1.54, 1.807) is 19.0 Å². The minimum absolute atomic E-state index is 0.182. The van der Waals surface area contributed by atoms with Gasteiger partial charge in [-0.3, -0.25) is 25.3 Å². The fraction of sp³-hybridized carbons (Fsp3) is 0.800. The molecule has 0 aromatic heterocycles. The van der Waals surface area contributed by atoms with Crippen LogP contribution in [0.4, 0.5) is 0 Å². The second-order valence-corrected chi connectivity index (χ2v) is 3.92. The van der Waals surface area contributed by atoms with Crippen molar-refractivity contribution in [2.45, 2.75) is 13.8 Å². The first-order valence-corrected chi connectivity index (χ1v) is 5.69. The SMILES string of the molecule is CCN(CC)CC(=O)NNNC(=O)CN(C)C. The van der Waals surface area contributed by atoms with Crippen molar-refractivity contribution in [2.75, 3.05) is 40.3 Å². The van der Waals surface area contributed by atoms with E-state index in [9.17, 15) is 9.59 Å². The summed E-state index contributed by atoms with van der Waals surface area (Å²) in [5.74, 6) is -0.392. The quantitative estimate of drug-likeness (QED) is 0.456. The third kappa shape index (κ3) is 8.61. The molecule has 7 heteroatoms. The summed E-state index contributed by atoms with van der Waals surface area (Å²) < 4.78 is 0. The van der Waals surface area contributed by atoms with E-state index >= 15 is 0 Å². The zero-order valence-corrected chi connectivity index (χ0v) is 11.0. The molecule has 0 aromatic carbocycles. The van der Waals surface area contributed by atoms with Crippen molar-refractivity contribution in [2.24, 2.45) is 0 Å². The number of nitrogens with one attached hydrogen (secondary N) is 3. The van der Waals surface area contributed by atoms with Gasteiger partial charge < -0.3 is 4.90 Å². The van der Waals surface area contributed by atoms with Crippen molar-refractivity contribution >= 4 is 11.8 Å². The van der Waals surface area contributed by atoms with Crippen molar-refractivity contribution in [3.63, 3.8) is 0 Å². The molecule has 0 spiro atoms. The monoisotopic (exact) mass is 245 g/mol. The van der Waals surface area contributed by atoms with E-state index in [4.69, 9.17) is 0 Å². The Morgan fingerprint density at radius 1 is 0.941 bits per heavy atom. The highest BCUT2D eigenvalue weighted by atomic mass is 16.2. The molecule has 3 N–H and O–H groups in total. The van der Waals surface area contributed by atoms with Gasteiger partial charge in [0.25, 0.3) is 0 Å². The summed E-state index contributed by atoms with van der Waals surface area (Å²) in [5, 5.41) is 0. The van der Waals surface area contributed by atoms with E-state index in [1.807, 2.05) is 18.7 Å². The first-order valence-electron chi connectivity index (χ1n) is 5.69. The highest BCUT2D eigenvalue weighted by Crippen LogP contribution is 1.84. The normalized spacial score (nSPS) is 10.7.